The Balaban J connectivity index is 1.92. The first-order valence-corrected chi connectivity index (χ1v) is 6.83. The summed E-state index contributed by atoms with van der Waals surface area (Å²) in [6, 6.07) is 10.6. The quantitative estimate of drug-likeness (QED) is 0.835. The smallest absolute Gasteiger partial charge is 0.244 e. The molecule has 1 aromatic heterocycles. The topological polar surface area (TPSA) is 62.5 Å². The molecular weight excluding hydrogens is 290 g/mol. The van der Waals surface area contributed by atoms with Gasteiger partial charge in [-0.3, -0.25) is 4.79 Å². The Morgan fingerprint density at radius 3 is 2.81 bits per heavy atom. The third-order valence-corrected chi connectivity index (χ3v) is 3.32. The number of aliphatic hydroxyl groups is 1. The Morgan fingerprint density at radius 1 is 1.38 bits per heavy atom. The van der Waals surface area contributed by atoms with Crippen molar-refractivity contribution in [3.8, 4) is 0 Å². The van der Waals surface area contributed by atoms with E-state index in [2.05, 4.69) is 5.32 Å². The molecule has 0 spiro atoms. The van der Waals surface area contributed by atoms with Gasteiger partial charge in [0.25, 0.3) is 0 Å². The molecule has 1 heterocycles. The molecule has 5 heteroatoms. The second kappa shape index (κ2) is 6.61. The minimum Gasteiger partial charge on any atom is -0.466 e. The summed E-state index contributed by atoms with van der Waals surface area (Å²) in [6.07, 6.45) is 4.47. The SMILES string of the molecule is CC(O)(CNC(=O)/C=C/c1ccccc1Cl)c1ccco1. The van der Waals surface area contributed by atoms with Gasteiger partial charge in [0, 0.05) is 11.1 Å². The van der Waals surface area contributed by atoms with E-state index in [1.54, 1.807) is 31.2 Å². The number of nitrogens with one attached hydrogen (secondary N) is 1. The van der Waals surface area contributed by atoms with Gasteiger partial charge in [-0.15, -0.1) is 0 Å². The van der Waals surface area contributed by atoms with E-state index < -0.39 is 5.60 Å². The highest BCUT2D eigenvalue weighted by atomic mass is 35.5. The van der Waals surface area contributed by atoms with Crippen molar-refractivity contribution in [1.29, 1.82) is 0 Å². The number of rotatable bonds is 5. The molecule has 2 N–H and O–H groups in total. The molecule has 0 saturated heterocycles. The maximum Gasteiger partial charge on any atom is 0.244 e. The summed E-state index contributed by atoms with van der Waals surface area (Å²) < 4.78 is 5.14. The monoisotopic (exact) mass is 305 g/mol. The third kappa shape index (κ3) is 4.21. The predicted octanol–water partition coefficient (Wildman–Crippen LogP) is 2.97. The molecule has 0 bridgehead atoms. The molecule has 0 aliphatic rings. The van der Waals surface area contributed by atoms with Crippen molar-refractivity contribution in [1.82, 2.24) is 5.32 Å². The fourth-order valence-electron chi connectivity index (χ4n) is 1.77. The minimum absolute atomic E-state index is 0.0478. The van der Waals surface area contributed by atoms with Gasteiger partial charge in [0.05, 0.1) is 12.8 Å². The average Bonchev–Trinajstić information content (AvgIpc) is 2.99. The van der Waals surface area contributed by atoms with E-state index in [9.17, 15) is 9.90 Å². The van der Waals surface area contributed by atoms with Crippen LogP contribution >= 0.6 is 11.6 Å². The molecule has 0 fully saturated rings. The zero-order chi connectivity index (χ0) is 15.3. The summed E-state index contributed by atoms with van der Waals surface area (Å²) in [5.41, 5.74) is -0.496. The Labute approximate surface area is 128 Å². The molecule has 1 aromatic carbocycles. The number of amides is 1. The molecule has 2 aromatic rings. The van der Waals surface area contributed by atoms with Crippen LogP contribution in [0.25, 0.3) is 6.08 Å². The fraction of sp³-hybridized carbons (Fsp3) is 0.188. The molecule has 21 heavy (non-hydrogen) atoms. The van der Waals surface area contributed by atoms with Gasteiger partial charge >= 0.3 is 0 Å². The lowest BCUT2D eigenvalue weighted by atomic mass is 10.0. The van der Waals surface area contributed by atoms with Crippen LogP contribution in [0, 0.1) is 0 Å². The van der Waals surface area contributed by atoms with Crippen molar-refractivity contribution < 1.29 is 14.3 Å². The largest absolute Gasteiger partial charge is 0.466 e. The third-order valence-electron chi connectivity index (χ3n) is 2.98. The molecule has 0 radical (unpaired) electrons. The van der Waals surface area contributed by atoms with Gasteiger partial charge in [-0.25, -0.2) is 0 Å². The molecule has 0 aliphatic carbocycles. The van der Waals surface area contributed by atoms with Gasteiger partial charge < -0.3 is 14.8 Å². The second-order valence-corrected chi connectivity index (χ2v) is 5.23. The van der Waals surface area contributed by atoms with Gasteiger partial charge in [-0.2, -0.15) is 0 Å². The molecule has 0 aliphatic heterocycles. The first-order valence-electron chi connectivity index (χ1n) is 6.46. The highest BCUT2D eigenvalue weighted by Crippen LogP contribution is 2.20. The zero-order valence-electron chi connectivity index (χ0n) is 11.5. The maximum atomic E-state index is 11.8. The summed E-state index contributed by atoms with van der Waals surface area (Å²) in [4.78, 5) is 11.8. The predicted molar refractivity (Wildman–Crippen MR) is 81.8 cm³/mol. The van der Waals surface area contributed by atoms with Crippen molar-refractivity contribution in [2.24, 2.45) is 0 Å². The minimum atomic E-state index is -1.25. The van der Waals surface area contributed by atoms with Crippen LogP contribution in [0.3, 0.4) is 0 Å². The van der Waals surface area contributed by atoms with Crippen LogP contribution in [0.1, 0.15) is 18.2 Å². The molecule has 0 saturated carbocycles. The van der Waals surface area contributed by atoms with Crippen molar-refractivity contribution >= 4 is 23.6 Å². The van der Waals surface area contributed by atoms with E-state index >= 15 is 0 Å². The lowest BCUT2D eigenvalue weighted by molar-refractivity contribution is -0.117. The standard InChI is InChI=1S/C16H16ClNO3/c1-16(20,14-7-4-10-21-14)11-18-15(19)9-8-12-5-2-3-6-13(12)17/h2-10,20H,11H2,1H3,(H,18,19)/b9-8+. The van der Waals surface area contributed by atoms with Gasteiger partial charge in [-0.05, 0) is 36.8 Å². The average molecular weight is 306 g/mol. The van der Waals surface area contributed by atoms with Crippen LogP contribution in [0.5, 0.6) is 0 Å². The first kappa shape index (κ1) is 15.4. The summed E-state index contributed by atoms with van der Waals surface area (Å²) in [5, 5.41) is 13.4. The number of halogens is 1. The Bertz CT molecular complexity index is 633. The van der Waals surface area contributed by atoms with Gasteiger partial charge in [0.2, 0.25) is 5.91 Å². The maximum absolute atomic E-state index is 11.8. The number of carbonyl (C=O) groups is 1. The molecule has 1 unspecified atom stereocenters. The summed E-state index contributed by atoms with van der Waals surface area (Å²) in [6.45, 7) is 1.62. The van der Waals surface area contributed by atoms with Gasteiger partial charge in [-0.1, -0.05) is 29.8 Å². The second-order valence-electron chi connectivity index (χ2n) is 4.82. The molecule has 110 valence electrons. The lowest BCUT2D eigenvalue weighted by Crippen LogP contribution is -2.37. The number of benzene rings is 1. The Kier molecular flexibility index (Phi) is 4.83. The first-order chi connectivity index (χ1) is 9.99. The van der Waals surface area contributed by atoms with Crippen LogP contribution in [0.4, 0.5) is 0 Å². The van der Waals surface area contributed by atoms with E-state index in [-0.39, 0.29) is 12.5 Å². The number of carbonyl (C=O) groups excluding carboxylic acids is 1. The van der Waals surface area contributed by atoms with Crippen molar-refractivity contribution in [3.63, 3.8) is 0 Å². The van der Waals surface area contributed by atoms with E-state index in [1.165, 1.54) is 12.3 Å². The van der Waals surface area contributed by atoms with Crippen molar-refractivity contribution in [2.45, 2.75) is 12.5 Å². The number of hydrogen-bond donors (Lipinski definition) is 2. The fourth-order valence-corrected chi connectivity index (χ4v) is 1.96. The molecule has 2 rings (SSSR count). The van der Waals surface area contributed by atoms with Crippen LogP contribution < -0.4 is 5.32 Å². The van der Waals surface area contributed by atoms with Crippen LogP contribution in [0.2, 0.25) is 5.02 Å². The summed E-state index contributed by atoms with van der Waals surface area (Å²) in [7, 11) is 0. The van der Waals surface area contributed by atoms with Crippen molar-refractivity contribution in [2.75, 3.05) is 6.54 Å². The van der Waals surface area contributed by atoms with Crippen LogP contribution in [-0.4, -0.2) is 17.6 Å². The Morgan fingerprint density at radius 2 is 2.14 bits per heavy atom. The van der Waals surface area contributed by atoms with E-state index in [0.29, 0.717) is 10.8 Å². The van der Waals surface area contributed by atoms with Gasteiger partial charge in [0.1, 0.15) is 11.4 Å². The lowest BCUT2D eigenvalue weighted by Gasteiger charge is -2.20. The highest BCUT2D eigenvalue weighted by molar-refractivity contribution is 6.32. The summed E-state index contributed by atoms with van der Waals surface area (Å²) in [5.74, 6) is 0.0830. The molecular formula is C16H16ClNO3. The van der Waals surface area contributed by atoms with Crippen LogP contribution in [0.15, 0.2) is 53.2 Å². The molecule has 4 nitrogen and oxygen atoms in total. The molecule has 1 amide bonds. The summed E-state index contributed by atoms with van der Waals surface area (Å²) >= 11 is 5.99. The van der Waals surface area contributed by atoms with E-state index in [4.69, 9.17) is 16.0 Å². The van der Waals surface area contributed by atoms with E-state index in [1.807, 2.05) is 18.2 Å². The van der Waals surface area contributed by atoms with Gasteiger partial charge in [0.15, 0.2) is 0 Å². The number of furan rings is 1. The molecule has 1 atom stereocenters. The normalized spacial score (nSPS) is 14.0. The van der Waals surface area contributed by atoms with Crippen LogP contribution in [-0.2, 0) is 10.4 Å². The van der Waals surface area contributed by atoms with Crippen molar-refractivity contribution in [3.05, 3.63) is 65.1 Å². The zero-order valence-corrected chi connectivity index (χ0v) is 12.3. The highest BCUT2D eigenvalue weighted by Gasteiger charge is 2.26. The Hall–Kier alpha value is -2.04. The van der Waals surface area contributed by atoms with E-state index in [0.717, 1.165) is 5.56 Å². The number of hydrogen-bond acceptors (Lipinski definition) is 3.